The molecule has 4 rings (SSSR count). The quantitative estimate of drug-likeness (QED) is 0.376. The molecule has 0 N–H and O–H groups in total. The number of nitrogens with zero attached hydrogens (tertiary/aromatic N) is 3. The maximum absolute atomic E-state index is 13.7. The topological polar surface area (TPSA) is 26.8 Å². The molecule has 0 radical (unpaired) electrons. The van der Waals surface area contributed by atoms with Crippen molar-refractivity contribution in [2.24, 2.45) is 11.8 Å². The van der Waals surface area contributed by atoms with Crippen LogP contribution in [0.2, 0.25) is 0 Å². The third-order valence-electron chi connectivity index (χ3n) is 7.02. The number of carbonyl (C=O) groups is 1. The Kier molecular flexibility index (Phi) is 8.42. The largest absolute Gasteiger partial charge is 0.378 e. The molecule has 0 bridgehead atoms. The standard InChI is InChI=1S/C31H38FN3O/c1-23(2)18-35(31(36)26-8-6-5-7-9-26)21-27-20-34(19-24-10-16-29(17-11-24)33(3)4)22-30(27)25-12-14-28(32)15-13-25/h5-17,23,27,30H,18-22H2,1-4H3/t27-,30+/m1/s1. The molecule has 3 aromatic carbocycles. The van der Waals surface area contributed by atoms with Gasteiger partial charge in [0, 0.05) is 64.0 Å². The zero-order chi connectivity index (χ0) is 25.7. The number of benzene rings is 3. The first-order chi connectivity index (χ1) is 17.3. The van der Waals surface area contributed by atoms with Gasteiger partial charge >= 0.3 is 0 Å². The van der Waals surface area contributed by atoms with E-state index in [4.69, 9.17) is 0 Å². The van der Waals surface area contributed by atoms with Crippen molar-refractivity contribution in [1.29, 1.82) is 0 Å². The summed E-state index contributed by atoms with van der Waals surface area (Å²) in [5.74, 6) is 0.745. The number of likely N-dealkylation sites (tertiary alicyclic amines) is 1. The fourth-order valence-corrected chi connectivity index (χ4v) is 5.25. The van der Waals surface area contributed by atoms with Gasteiger partial charge in [-0.05, 0) is 59.4 Å². The molecule has 190 valence electrons. The molecule has 0 spiro atoms. The van der Waals surface area contributed by atoms with Crippen molar-refractivity contribution in [1.82, 2.24) is 9.80 Å². The Balaban J connectivity index is 1.56. The summed E-state index contributed by atoms with van der Waals surface area (Å²) in [7, 11) is 4.10. The fraction of sp³-hybridized carbons (Fsp3) is 0.387. The molecule has 0 aromatic heterocycles. The second kappa shape index (κ2) is 11.7. The molecule has 0 aliphatic carbocycles. The van der Waals surface area contributed by atoms with Crippen LogP contribution in [-0.4, -0.2) is 56.0 Å². The van der Waals surface area contributed by atoms with Gasteiger partial charge in [0.1, 0.15) is 5.82 Å². The summed E-state index contributed by atoms with van der Waals surface area (Å²) in [4.78, 5) is 20.1. The van der Waals surface area contributed by atoms with Crippen molar-refractivity contribution in [2.75, 3.05) is 45.2 Å². The number of hydrogen-bond acceptors (Lipinski definition) is 3. The van der Waals surface area contributed by atoms with E-state index in [0.717, 1.165) is 30.8 Å². The highest BCUT2D eigenvalue weighted by Gasteiger charge is 2.36. The van der Waals surface area contributed by atoms with E-state index in [1.165, 1.54) is 11.3 Å². The van der Waals surface area contributed by atoms with Crippen LogP contribution >= 0.6 is 0 Å². The highest BCUT2D eigenvalue weighted by molar-refractivity contribution is 5.94. The van der Waals surface area contributed by atoms with Crippen molar-refractivity contribution in [2.45, 2.75) is 26.3 Å². The van der Waals surface area contributed by atoms with Crippen LogP contribution in [0.5, 0.6) is 0 Å². The normalized spacial score (nSPS) is 17.9. The maximum Gasteiger partial charge on any atom is 0.253 e. The van der Waals surface area contributed by atoms with E-state index < -0.39 is 0 Å². The lowest BCUT2D eigenvalue weighted by Gasteiger charge is -2.30. The highest BCUT2D eigenvalue weighted by Crippen LogP contribution is 2.35. The minimum atomic E-state index is -0.216. The van der Waals surface area contributed by atoms with Gasteiger partial charge in [0.15, 0.2) is 0 Å². The number of rotatable bonds is 9. The first kappa shape index (κ1) is 25.9. The average molecular weight is 488 g/mol. The molecule has 1 fully saturated rings. The number of carbonyl (C=O) groups excluding carboxylic acids is 1. The Morgan fingerprint density at radius 2 is 1.61 bits per heavy atom. The smallest absolute Gasteiger partial charge is 0.253 e. The predicted octanol–water partition coefficient (Wildman–Crippen LogP) is 5.91. The van der Waals surface area contributed by atoms with Gasteiger partial charge in [-0.15, -0.1) is 0 Å². The van der Waals surface area contributed by atoms with Crippen molar-refractivity contribution >= 4 is 11.6 Å². The van der Waals surface area contributed by atoms with Gasteiger partial charge < -0.3 is 9.80 Å². The van der Waals surface area contributed by atoms with Crippen molar-refractivity contribution in [3.63, 3.8) is 0 Å². The minimum Gasteiger partial charge on any atom is -0.378 e. The fourth-order valence-electron chi connectivity index (χ4n) is 5.25. The third-order valence-corrected chi connectivity index (χ3v) is 7.02. The Hall–Kier alpha value is -3.18. The van der Waals surface area contributed by atoms with Crippen LogP contribution in [0.1, 0.15) is 41.3 Å². The molecular formula is C31H38FN3O. The second-order valence-corrected chi connectivity index (χ2v) is 10.6. The van der Waals surface area contributed by atoms with E-state index in [1.54, 1.807) is 12.1 Å². The van der Waals surface area contributed by atoms with Gasteiger partial charge in [-0.25, -0.2) is 4.39 Å². The molecule has 2 atom stereocenters. The van der Waals surface area contributed by atoms with Crippen LogP contribution in [0.3, 0.4) is 0 Å². The summed E-state index contributed by atoms with van der Waals surface area (Å²) in [5.41, 5.74) is 4.33. The number of halogens is 1. The zero-order valence-corrected chi connectivity index (χ0v) is 21.9. The molecule has 1 aliphatic rings. The summed E-state index contributed by atoms with van der Waals surface area (Å²) in [6.07, 6.45) is 0. The van der Waals surface area contributed by atoms with Gasteiger partial charge in [0.05, 0.1) is 0 Å². The van der Waals surface area contributed by atoms with Gasteiger partial charge in [0.25, 0.3) is 5.91 Å². The van der Waals surface area contributed by atoms with Crippen molar-refractivity contribution in [3.05, 3.63) is 101 Å². The lowest BCUT2D eigenvalue weighted by Crippen LogP contribution is -2.39. The average Bonchev–Trinajstić information content (AvgIpc) is 3.26. The van der Waals surface area contributed by atoms with Gasteiger partial charge in [-0.1, -0.05) is 56.3 Å². The maximum atomic E-state index is 13.7. The molecule has 0 saturated carbocycles. The molecule has 4 nitrogen and oxygen atoms in total. The van der Waals surface area contributed by atoms with E-state index in [1.807, 2.05) is 61.5 Å². The van der Waals surface area contributed by atoms with E-state index in [-0.39, 0.29) is 23.6 Å². The summed E-state index contributed by atoms with van der Waals surface area (Å²) in [6.45, 7) is 8.35. The molecule has 5 heteroatoms. The summed E-state index contributed by atoms with van der Waals surface area (Å²) < 4.78 is 13.7. The number of hydrogen-bond donors (Lipinski definition) is 0. The molecular weight excluding hydrogens is 449 g/mol. The van der Waals surface area contributed by atoms with Crippen LogP contribution in [0.25, 0.3) is 0 Å². The lowest BCUT2D eigenvalue weighted by molar-refractivity contribution is 0.0703. The SMILES string of the molecule is CC(C)CN(C[C@H]1CN(Cc2ccc(N(C)C)cc2)C[C@H]1c1ccc(F)cc1)C(=O)c1ccccc1. The summed E-state index contributed by atoms with van der Waals surface area (Å²) >= 11 is 0. The second-order valence-electron chi connectivity index (χ2n) is 10.6. The van der Waals surface area contributed by atoms with Crippen LogP contribution < -0.4 is 4.90 Å². The lowest BCUT2D eigenvalue weighted by atomic mass is 9.88. The van der Waals surface area contributed by atoms with Crippen molar-refractivity contribution < 1.29 is 9.18 Å². The molecule has 1 aliphatic heterocycles. The van der Waals surface area contributed by atoms with Gasteiger partial charge in [0.2, 0.25) is 0 Å². The summed E-state index contributed by atoms with van der Waals surface area (Å²) in [6, 6.07) is 25.2. The summed E-state index contributed by atoms with van der Waals surface area (Å²) in [5, 5.41) is 0. The van der Waals surface area contributed by atoms with Crippen LogP contribution in [0.4, 0.5) is 10.1 Å². The Bertz CT molecular complexity index is 1110. The van der Waals surface area contributed by atoms with E-state index in [0.29, 0.717) is 19.0 Å². The van der Waals surface area contributed by atoms with Gasteiger partial charge in [-0.3, -0.25) is 9.69 Å². The molecule has 0 unspecified atom stereocenters. The number of anilines is 1. The van der Waals surface area contributed by atoms with Crippen LogP contribution in [0.15, 0.2) is 78.9 Å². The van der Waals surface area contributed by atoms with Gasteiger partial charge in [-0.2, -0.15) is 0 Å². The van der Waals surface area contributed by atoms with Crippen molar-refractivity contribution in [3.8, 4) is 0 Å². The van der Waals surface area contributed by atoms with Crippen LogP contribution in [0, 0.1) is 17.7 Å². The molecule has 1 saturated heterocycles. The monoisotopic (exact) mass is 487 g/mol. The van der Waals surface area contributed by atoms with E-state index >= 15 is 0 Å². The molecule has 1 amide bonds. The Labute approximate surface area is 215 Å². The first-order valence-corrected chi connectivity index (χ1v) is 12.9. The zero-order valence-electron chi connectivity index (χ0n) is 21.9. The first-order valence-electron chi connectivity index (χ1n) is 12.9. The molecule has 3 aromatic rings. The van der Waals surface area contributed by atoms with E-state index in [9.17, 15) is 9.18 Å². The Morgan fingerprint density at radius 1 is 0.944 bits per heavy atom. The molecule has 1 heterocycles. The third kappa shape index (κ3) is 6.52. The number of amides is 1. The Morgan fingerprint density at radius 3 is 2.22 bits per heavy atom. The highest BCUT2D eigenvalue weighted by atomic mass is 19.1. The minimum absolute atomic E-state index is 0.0832. The predicted molar refractivity (Wildman–Crippen MR) is 146 cm³/mol. The molecule has 36 heavy (non-hydrogen) atoms. The van der Waals surface area contributed by atoms with Crippen LogP contribution in [-0.2, 0) is 6.54 Å². The van der Waals surface area contributed by atoms with E-state index in [2.05, 4.69) is 47.9 Å².